The predicted molar refractivity (Wildman–Crippen MR) is 99.2 cm³/mol. The smallest absolute Gasteiger partial charge is 0.328 e. The average molecular weight is 371 g/mol. The highest BCUT2D eigenvalue weighted by Crippen LogP contribution is 2.43. The van der Waals surface area contributed by atoms with E-state index in [9.17, 15) is 18.4 Å². The summed E-state index contributed by atoms with van der Waals surface area (Å²) in [7, 11) is 0. The summed E-state index contributed by atoms with van der Waals surface area (Å²) in [5.41, 5.74) is 1.95. The molecule has 27 heavy (non-hydrogen) atoms. The number of hydrogen-bond acceptors (Lipinski definition) is 2. The number of rotatable bonds is 2. The van der Waals surface area contributed by atoms with Crippen molar-refractivity contribution in [3.63, 3.8) is 0 Å². The number of amides is 1. The number of carbonyl (C=O) groups is 2. The number of aliphatic carboxylic acids is 1. The highest BCUT2D eigenvalue weighted by atomic mass is 19.3. The molecule has 3 rings (SSSR count). The topological polar surface area (TPSA) is 57.6 Å². The lowest BCUT2D eigenvalue weighted by atomic mass is 9.97. The minimum absolute atomic E-state index is 0.0560. The highest BCUT2D eigenvalue weighted by Gasteiger charge is 2.41. The van der Waals surface area contributed by atoms with Gasteiger partial charge in [-0.3, -0.25) is 4.79 Å². The molecule has 4 nitrogen and oxygen atoms in total. The van der Waals surface area contributed by atoms with Crippen LogP contribution < -0.4 is 4.90 Å². The fourth-order valence-electron chi connectivity index (χ4n) is 3.36. The number of aryl methyl sites for hydroxylation is 2. The van der Waals surface area contributed by atoms with Crippen molar-refractivity contribution in [2.24, 2.45) is 0 Å². The van der Waals surface area contributed by atoms with Gasteiger partial charge in [0.25, 0.3) is 11.8 Å². The zero-order chi connectivity index (χ0) is 19.8. The molecule has 0 saturated heterocycles. The number of allylic oxidation sites excluding steroid dienone is 1. The molecule has 2 aromatic carbocycles. The molecule has 1 amide bonds. The first-order chi connectivity index (χ1) is 12.7. The van der Waals surface area contributed by atoms with E-state index in [1.54, 1.807) is 37.3 Å². The molecule has 0 aromatic heterocycles. The SMILES string of the molecule is Cc1ccc(C(=O)N2CCC(F)(F)/C(=C\C(=O)O)c3ccccc32)c(C)c1. The Morgan fingerprint density at radius 1 is 1.15 bits per heavy atom. The van der Waals surface area contributed by atoms with E-state index >= 15 is 0 Å². The molecular formula is C21H19F2NO3. The fourth-order valence-corrected chi connectivity index (χ4v) is 3.36. The molecular weight excluding hydrogens is 352 g/mol. The lowest BCUT2D eigenvalue weighted by Gasteiger charge is -2.23. The fraction of sp³-hybridized carbons (Fsp3) is 0.238. The minimum atomic E-state index is -3.36. The van der Waals surface area contributed by atoms with Crippen molar-refractivity contribution in [3.05, 3.63) is 70.8 Å². The molecule has 140 valence electrons. The Labute approximate surface area is 155 Å². The number of carboxylic acids is 1. The second kappa shape index (κ2) is 6.95. The van der Waals surface area contributed by atoms with Crippen LogP contribution in [-0.4, -0.2) is 29.5 Å². The number of para-hydroxylation sites is 1. The standard InChI is InChI=1S/C21H19F2NO3/c1-13-7-8-15(14(2)11-13)20(27)24-10-9-21(22,23)17(12-19(25)26)16-5-3-4-6-18(16)24/h3-8,11-12H,9-10H2,1-2H3,(H,25,26)/b17-12-. The second-order valence-corrected chi connectivity index (χ2v) is 6.64. The van der Waals surface area contributed by atoms with Crippen molar-refractivity contribution in [1.29, 1.82) is 0 Å². The van der Waals surface area contributed by atoms with Gasteiger partial charge in [0.1, 0.15) is 0 Å². The third-order valence-electron chi connectivity index (χ3n) is 4.65. The van der Waals surface area contributed by atoms with Gasteiger partial charge in [0.2, 0.25) is 0 Å². The van der Waals surface area contributed by atoms with Crippen LogP contribution in [0.15, 0.2) is 48.5 Å². The van der Waals surface area contributed by atoms with Crippen molar-refractivity contribution >= 4 is 23.1 Å². The Kier molecular flexibility index (Phi) is 4.83. The minimum Gasteiger partial charge on any atom is -0.478 e. The van der Waals surface area contributed by atoms with Crippen LogP contribution in [0.4, 0.5) is 14.5 Å². The quantitative estimate of drug-likeness (QED) is 0.793. The number of alkyl halides is 2. The molecule has 0 atom stereocenters. The largest absolute Gasteiger partial charge is 0.478 e. The number of fused-ring (bicyclic) bond motifs is 1. The first-order valence-corrected chi connectivity index (χ1v) is 8.52. The van der Waals surface area contributed by atoms with Gasteiger partial charge in [-0.25, -0.2) is 13.6 Å². The highest BCUT2D eigenvalue weighted by molar-refractivity contribution is 6.09. The zero-order valence-electron chi connectivity index (χ0n) is 15.0. The van der Waals surface area contributed by atoms with Gasteiger partial charge in [-0.1, -0.05) is 35.9 Å². The molecule has 0 radical (unpaired) electrons. The van der Waals surface area contributed by atoms with Crippen LogP contribution in [0.2, 0.25) is 0 Å². The first-order valence-electron chi connectivity index (χ1n) is 8.52. The Morgan fingerprint density at radius 3 is 2.52 bits per heavy atom. The summed E-state index contributed by atoms with van der Waals surface area (Å²) >= 11 is 0. The predicted octanol–water partition coefficient (Wildman–Crippen LogP) is 4.46. The Hall–Kier alpha value is -3.02. The number of carboxylic acid groups (broad SMARTS) is 1. The molecule has 0 fully saturated rings. The third-order valence-corrected chi connectivity index (χ3v) is 4.65. The summed E-state index contributed by atoms with van der Waals surface area (Å²) in [6, 6.07) is 11.5. The van der Waals surface area contributed by atoms with E-state index in [0.717, 1.165) is 11.1 Å². The van der Waals surface area contributed by atoms with E-state index in [1.807, 2.05) is 13.0 Å². The van der Waals surface area contributed by atoms with Gasteiger partial charge in [0.15, 0.2) is 0 Å². The Balaban J connectivity index is 2.15. The van der Waals surface area contributed by atoms with Crippen LogP contribution >= 0.6 is 0 Å². The van der Waals surface area contributed by atoms with Crippen LogP contribution in [-0.2, 0) is 4.79 Å². The van der Waals surface area contributed by atoms with Crippen molar-refractivity contribution in [3.8, 4) is 0 Å². The molecule has 0 bridgehead atoms. The lowest BCUT2D eigenvalue weighted by molar-refractivity contribution is -0.131. The summed E-state index contributed by atoms with van der Waals surface area (Å²) in [4.78, 5) is 25.5. The first kappa shape index (κ1) is 18.8. The molecule has 1 N–H and O–H groups in total. The van der Waals surface area contributed by atoms with E-state index in [1.165, 1.54) is 11.0 Å². The van der Waals surface area contributed by atoms with Crippen molar-refractivity contribution in [2.75, 3.05) is 11.4 Å². The van der Waals surface area contributed by atoms with Crippen LogP contribution in [0.3, 0.4) is 0 Å². The van der Waals surface area contributed by atoms with E-state index < -0.39 is 23.9 Å². The van der Waals surface area contributed by atoms with Crippen molar-refractivity contribution < 1.29 is 23.5 Å². The molecule has 1 heterocycles. The molecule has 1 aliphatic heterocycles. The van der Waals surface area contributed by atoms with E-state index in [0.29, 0.717) is 11.6 Å². The van der Waals surface area contributed by atoms with Gasteiger partial charge in [-0.05, 0) is 31.5 Å². The summed E-state index contributed by atoms with van der Waals surface area (Å²) in [6.45, 7) is 3.49. The maximum atomic E-state index is 14.7. The van der Waals surface area contributed by atoms with Gasteiger partial charge >= 0.3 is 5.97 Å². The van der Waals surface area contributed by atoms with Crippen molar-refractivity contribution in [1.82, 2.24) is 0 Å². The summed E-state index contributed by atoms with van der Waals surface area (Å²) < 4.78 is 29.3. The van der Waals surface area contributed by atoms with Crippen LogP contribution in [0.1, 0.15) is 33.5 Å². The third kappa shape index (κ3) is 3.60. The van der Waals surface area contributed by atoms with Gasteiger partial charge < -0.3 is 10.0 Å². The molecule has 0 aliphatic carbocycles. The van der Waals surface area contributed by atoms with Gasteiger partial charge in [-0.15, -0.1) is 0 Å². The molecule has 0 unspecified atom stereocenters. The molecule has 2 aromatic rings. The number of anilines is 1. The van der Waals surface area contributed by atoms with Gasteiger partial charge in [0, 0.05) is 35.7 Å². The van der Waals surface area contributed by atoms with Gasteiger partial charge in [0.05, 0.1) is 5.69 Å². The maximum Gasteiger partial charge on any atom is 0.328 e. The Morgan fingerprint density at radius 2 is 1.85 bits per heavy atom. The molecule has 1 aliphatic rings. The van der Waals surface area contributed by atoms with Crippen LogP contribution in [0.25, 0.3) is 5.57 Å². The number of halogens is 2. The van der Waals surface area contributed by atoms with Crippen molar-refractivity contribution in [2.45, 2.75) is 26.2 Å². The monoisotopic (exact) mass is 371 g/mol. The van der Waals surface area contributed by atoms with Gasteiger partial charge in [-0.2, -0.15) is 0 Å². The lowest BCUT2D eigenvalue weighted by Crippen LogP contribution is -2.33. The van der Waals surface area contributed by atoms with E-state index in [4.69, 9.17) is 5.11 Å². The summed E-state index contributed by atoms with van der Waals surface area (Å²) in [5.74, 6) is -5.19. The number of nitrogens with zero attached hydrogens (tertiary/aromatic N) is 1. The molecule has 6 heteroatoms. The number of benzene rings is 2. The molecule has 0 spiro atoms. The van der Waals surface area contributed by atoms with Crippen LogP contribution in [0.5, 0.6) is 0 Å². The Bertz CT molecular complexity index is 950. The zero-order valence-corrected chi connectivity index (χ0v) is 15.0. The van der Waals surface area contributed by atoms with E-state index in [2.05, 4.69) is 0 Å². The summed E-state index contributed by atoms with van der Waals surface area (Å²) in [5, 5.41) is 9.04. The second-order valence-electron chi connectivity index (χ2n) is 6.64. The van der Waals surface area contributed by atoms with E-state index in [-0.39, 0.29) is 23.7 Å². The average Bonchev–Trinajstić information content (AvgIpc) is 2.69. The normalized spacial score (nSPS) is 17.3. The number of carbonyl (C=O) groups excluding carboxylic acids is 1. The molecule has 0 saturated carbocycles. The van der Waals surface area contributed by atoms with Crippen LogP contribution in [0, 0.1) is 13.8 Å². The number of hydrogen-bond donors (Lipinski definition) is 1. The summed E-state index contributed by atoms with van der Waals surface area (Å²) in [6.07, 6.45) is -0.124. The maximum absolute atomic E-state index is 14.7.